The third-order valence-electron chi connectivity index (χ3n) is 4.88. The minimum absolute atomic E-state index is 0.0229. The number of carbonyl (C=O) groups excluding carboxylic acids is 1. The number of anilines is 1. The summed E-state index contributed by atoms with van der Waals surface area (Å²) in [5.41, 5.74) is 0.996. The molecule has 1 spiro atoms. The smallest absolute Gasteiger partial charge is 0.322 e. The Morgan fingerprint density at radius 1 is 1.20 bits per heavy atom. The first-order chi connectivity index (χ1) is 9.62. The summed E-state index contributed by atoms with van der Waals surface area (Å²) in [6, 6.07) is 10.8. The van der Waals surface area contributed by atoms with Crippen LogP contribution < -0.4 is 10.2 Å². The largest absolute Gasteiger partial charge is 0.335 e. The van der Waals surface area contributed by atoms with Crippen molar-refractivity contribution < 1.29 is 4.79 Å². The number of hydrogen-bond donors (Lipinski definition) is 1. The molecule has 20 heavy (non-hydrogen) atoms. The minimum Gasteiger partial charge on any atom is -0.335 e. The first-order valence-electron chi connectivity index (χ1n) is 7.42. The van der Waals surface area contributed by atoms with Gasteiger partial charge in [0.05, 0.1) is 5.54 Å². The zero-order chi connectivity index (χ0) is 14.2. The Balaban J connectivity index is 1.84. The van der Waals surface area contributed by atoms with E-state index in [1.54, 1.807) is 0 Å². The normalized spacial score (nSPS) is 30.1. The number of nitrogens with one attached hydrogen (secondary N) is 1. The van der Waals surface area contributed by atoms with Crippen molar-refractivity contribution in [2.75, 3.05) is 25.5 Å². The maximum Gasteiger partial charge on any atom is 0.322 e. The Morgan fingerprint density at radius 3 is 2.45 bits per heavy atom. The highest BCUT2D eigenvalue weighted by atomic mass is 16.2. The van der Waals surface area contributed by atoms with Gasteiger partial charge < -0.3 is 10.2 Å². The third kappa shape index (κ3) is 2.18. The summed E-state index contributed by atoms with van der Waals surface area (Å²) in [6.45, 7) is 0.779. The highest BCUT2D eigenvalue weighted by Gasteiger charge is 2.48. The summed E-state index contributed by atoms with van der Waals surface area (Å²) in [7, 11) is 4.30. The molecular formula is C16H23N3O. The van der Waals surface area contributed by atoms with Gasteiger partial charge >= 0.3 is 6.03 Å². The first-order valence-corrected chi connectivity index (χ1v) is 7.42. The van der Waals surface area contributed by atoms with Crippen LogP contribution in [0.15, 0.2) is 30.3 Å². The van der Waals surface area contributed by atoms with E-state index in [9.17, 15) is 4.79 Å². The molecule has 1 heterocycles. The summed E-state index contributed by atoms with van der Waals surface area (Å²) >= 11 is 0. The Hall–Kier alpha value is -1.55. The van der Waals surface area contributed by atoms with E-state index in [1.807, 2.05) is 35.2 Å². The zero-order valence-corrected chi connectivity index (χ0v) is 12.3. The van der Waals surface area contributed by atoms with Gasteiger partial charge in [-0.1, -0.05) is 18.2 Å². The van der Waals surface area contributed by atoms with Gasteiger partial charge in [-0.3, -0.25) is 4.90 Å². The van der Waals surface area contributed by atoms with E-state index in [4.69, 9.17) is 0 Å². The van der Waals surface area contributed by atoms with E-state index in [2.05, 4.69) is 24.3 Å². The SMILES string of the molecule is CN(C)[C@H]1CC[C@@]2(CC1)CNC(=O)N2c1ccccc1. The van der Waals surface area contributed by atoms with Crippen molar-refractivity contribution >= 4 is 11.7 Å². The highest BCUT2D eigenvalue weighted by molar-refractivity contribution is 5.96. The fraction of sp³-hybridized carbons (Fsp3) is 0.562. The number of hydrogen-bond acceptors (Lipinski definition) is 2. The van der Waals surface area contributed by atoms with Gasteiger partial charge in [0, 0.05) is 18.3 Å². The van der Waals surface area contributed by atoms with Crippen LogP contribution in [0, 0.1) is 0 Å². The van der Waals surface area contributed by atoms with Crippen LogP contribution in [0.4, 0.5) is 10.5 Å². The third-order valence-corrected chi connectivity index (χ3v) is 4.88. The van der Waals surface area contributed by atoms with Gasteiger partial charge in [-0.15, -0.1) is 0 Å². The number of amides is 2. The molecular weight excluding hydrogens is 250 g/mol. The molecule has 0 atom stereocenters. The molecule has 2 amide bonds. The molecule has 2 fully saturated rings. The lowest BCUT2D eigenvalue weighted by atomic mass is 9.78. The molecule has 2 aliphatic rings. The second-order valence-electron chi connectivity index (χ2n) is 6.25. The van der Waals surface area contributed by atoms with Crippen LogP contribution in [0.3, 0.4) is 0 Å². The molecule has 0 aromatic heterocycles. The topological polar surface area (TPSA) is 35.6 Å². The molecule has 0 unspecified atom stereocenters. The standard InChI is InChI=1S/C16H23N3O/c1-18(2)13-8-10-16(11-9-13)12-17-15(20)19(16)14-6-4-3-5-7-14/h3-7,13H,8-12H2,1-2H3,(H,17,20)/t13-,16+. The summed E-state index contributed by atoms with van der Waals surface area (Å²) in [4.78, 5) is 16.6. The molecule has 4 heteroatoms. The van der Waals surface area contributed by atoms with Gasteiger partial charge in [-0.25, -0.2) is 4.79 Å². The molecule has 1 saturated heterocycles. The van der Waals surface area contributed by atoms with Crippen molar-refractivity contribution in [1.29, 1.82) is 0 Å². The lowest BCUT2D eigenvalue weighted by Crippen LogP contribution is -2.52. The van der Waals surface area contributed by atoms with Gasteiger partial charge in [-0.2, -0.15) is 0 Å². The fourth-order valence-electron chi connectivity index (χ4n) is 3.64. The van der Waals surface area contributed by atoms with Gasteiger partial charge in [-0.05, 0) is 51.9 Å². The van der Waals surface area contributed by atoms with Crippen molar-refractivity contribution in [3.63, 3.8) is 0 Å². The summed E-state index contributed by atoms with van der Waals surface area (Å²) < 4.78 is 0. The molecule has 1 aliphatic carbocycles. The van der Waals surface area contributed by atoms with Crippen LogP contribution in [0.2, 0.25) is 0 Å². The van der Waals surface area contributed by atoms with Crippen LogP contribution in [0.5, 0.6) is 0 Å². The lowest BCUT2D eigenvalue weighted by molar-refractivity contribution is 0.180. The van der Waals surface area contributed by atoms with Gasteiger partial charge in [0.15, 0.2) is 0 Å². The predicted molar refractivity (Wildman–Crippen MR) is 81.0 cm³/mol. The Morgan fingerprint density at radius 2 is 1.85 bits per heavy atom. The van der Waals surface area contributed by atoms with Crippen molar-refractivity contribution in [2.24, 2.45) is 0 Å². The van der Waals surface area contributed by atoms with Crippen molar-refractivity contribution in [2.45, 2.75) is 37.3 Å². The zero-order valence-electron chi connectivity index (χ0n) is 12.3. The second-order valence-corrected chi connectivity index (χ2v) is 6.25. The van der Waals surface area contributed by atoms with Crippen molar-refractivity contribution in [1.82, 2.24) is 10.2 Å². The van der Waals surface area contributed by atoms with E-state index in [1.165, 1.54) is 0 Å². The first kappa shape index (κ1) is 13.4. The fourth-order valence-corrected chi connectivity index (χ4v) is 3.64. The monoisotopic (exact) mass is 273 g/mol. The number of benzene rings is 1. The van der Waals surface area contributed by atoms with Crippen LogP contribution >= 0.6 is 0 Å². The predicted octanol–water partition coefficient (Wildman–Crippen LogP) is 2.46. The molecule has 1 aromatic rings. The van der Waals surface area contributed by atoms with E-state index in [0.717, 1.165) is 37.9 Å². The number of para-hydroxylation sites is 1. The van der Waals surface area contributed by atoms with Crippen LogP contribution in [-0.4, -0.2) is 43.2 Å². The van der Waals surface area contributed by atoms with E-state index in [0.29, 0.717) is 6.04 Å². The molecule has 0 radical (unpaired) electrons. The van der Waals surface area contributed by atoms with Crippen LogP contribution in [-0.2, 0) is 0 Å². The molecule has 1 N–H and O–H groups in total. The average Bonchev–Trinajstić information content (AvgIpc) is 2.77. The molecule has 1 aliphatic heterocycles. The maximum atomic E-state index is 12.3. The van der Waals surface area contributed by atoms with Crippen LogP contribution in [0.1, 0.15) is 25.7 Å². The maximum absolute atomic E-state index is 12.3. The molecule has 3 rings (SSSR count). The molecule has 1 aromatic carbocycles. The summed E-state index contributed by atoms with van der Waals surface area (Å²) in [5.74, 6) is 0. The van der Waals surface area contributed by atoms with Gasteiger partial charge in [0.2, 0.25) is 0 Å². The Bertz CT molecular complexity index is 478. The van der Waals surface area contributed by atoms with E-state index < -0.39 is 0 Å². The molecule has 0 bridgehead atoms. The van der Waals surface area contributed by atoms with E-state index in [-0.39, 0.29) is 11.6 Å². The Kier molecular flexibility index (Phi) is 3.42. The highest BCUT2D eigenvalue weighted by Crippen LogP contribution is 2.40. The summed E-state index contributed by atoms with van der Waals surface area (Å²) in [5, 5.41) is 3.05. The number of nitrogens with zero attached hydrogens (tertiary/aromatic N) is 2. The molecule has 1 saturated carbocycles. The quantitative estimate of drug-likeness (QED) is 0.898. The van der Waals surface area contributed by atoms with E-state index >= 15 is 0 Å². The lowest BCUT2D eigenvalue weighted by Gasteiger charge is -2.43. The number of rotatable bonds is 2. The summed E-state index contributed by atoms with van der Waals surface area (Å²) in [6.07, 6.45) is 4.46. The second kappa shape index (κ2) is 5.09. The number of urea groups is 1. The minimum atomic E-state index is -0.0229. The van der Waals surface area contributed by atoms with Crippen molar-refractivity contribution in [3.8, 4) is 0 Å². The number of carbonyl (C=O) groups is 1. The molecule has 108 valence electrons. The van der Waals surface area contributed by atoms with Gasteiger partial charge in [0.25, 0.3) is 0 Å². The van der Waals surface area contributed by atoms with Crippen LogP contribution in [0.25, 0.3) is 0 Å². The van der Waals surface area contributed by atoms with Gasteiger partial charge in [0.1, 0.15) is 0 Å². The molecule has 4 nitrogen and oxygen atoms in total. The average molecular weight is 273 g/mol. The van der Waals surface area contributed by atoms with Crippen molar-refractivity contribution in [3.05, 3.63) is 30.3 Å². The Labute approximate surface area is 120 Å².